The molecule has 2 aliphatic heterocycles. The summed E-state index contributed by atoms with van der Waals surface area (Å²) in [5.74, 6) is -1.24. The number of thiazole rings is 1. The molecule has 8 nitrogen and oxygen atoms in total. The summed E-state index contributed by atoms with van der Waals surface area (Å²) >= 11 is 1.61. The summed E-state index contributed by atoms with van der Waals surface area (Å²) in [6.45, 7) is 3.84. The molecule has 0 radical (unpaired) electrons. The molecule has 0 saturated carbocycles. The van der Waals surface area contributed by atoms with Gasteiger partial charge in [-0.1, -0.05) is 23.5 Å². The molecular formula is C28H28N4O4S. The number of anilines is 2. The summed E-state index contributed by atoms with van der Waals surface area (Å²) in [5.41, 5.74) is 3.56. The van der Waals surface area contributed by atoms with Crippen LogP contribution in [0.15, 0.2) is 59.5 Å². The second-order valence-corrected chi connectivity index (χ2v) is 10.6. The zero-order chi connectivity index (χ0) is 25.5. The van der Waals surface area contributed by atoms with Gasteiger partial charge in [0.15, 0.2) is 10.6 Å². The quantitative estimate of drug-likeness (QED) is 0.400. The van der Waals surface area contributed by atoms with Gasteiger partial charge in [0.05, 0.1) is 22.0 Å². The highest BCUT2D eigenvalue weighted by molar-refractivity contribution is 7.22. The SMILES string of the molecule is COC1CCN(c2nc3ccc(-n4cc(C(=O)O)c(=O)cc4-c4ccc(N5CCCC5)cc4)cc3s2)C1. The normalized spacial score (nSPS) is 17.7. The van der Waals surface area contributed by atoms with Crippen molar-refractivity contribution < 1.29 is 14.6 Å². The third kappa shape index (κ3) is 4.49. The molecule has 2 aromatic carbocycles. The third-order valence-corrected chi connectivity index (χ3v) is 8.38. The topological polar surface area (TPSA) is 87.9 Å². The van der Waals surface area contributed by atoms with Crippen LogP contribution in [0.3, 0.4) is 0 Å². The largest absolute Gasteiger partial charge is 0.477 e. The lowest BCUT2D eigenvalue weighted by Crippen LogP contribution is -2.21. The predicted octanol–water partition coefficient (Wildman–Crippen LogP) is 4.64. The Bertz CT molecular complexity index is 1520. The summed E-state index contributed by atoms with van der Waals surface area (Å²) in [6, 6.07) is 15.5. The van der Waals surface area contributed by atoms with Crippen molar-refractivity contribution in [3.05, 3.63) is 70.5 Å². The van der Waals surface area contributed by atoms with Crippen LogP contribution in [0.1, 0.15) is 29.6 Å². The van der Waals surface area contributed by atoms with Crippen molar-refractivity contribution in [3.8, 4) is 16.9 Å². The zero-order valence-corrected chi connectivity index (χ0v) is 21.4. The van der Waals surface area contributed by atoms with Crippen LogP contribution >= 0.6 is 11.3 Å². The van der Waals surface area contributed by atoms with E-state index in [1.165, 1.54) is 25.1 Å². The van der Waals surface area contributed by atoms with Gasteiger partial charge in [-0.3, -0.25) is 4.79 Å². The zero-order valence-electron chi connectivity index (χ0n) is 20.6. The molecule has 2 saturated heterocycles. The fraction of sp³-hybridized carbons (Fsp3) is 0.321. The molecule has 1 N–H and O–H groups in total. The minimum atomic E-state index is -1.24. The van der Waals surface area contributed by atoms with Crippen LogP contribution in [-0.2, 0) is 4.74 Å². The van der Waals surface area contributed by atoms with E-state index in [2.05, 4.69) is 21.9 Å². The van der Waals surface area contributed by atoms with Gasteiger partial charge < -0.3 is 24.2 Å². The Labute approximate surface area is 218 Å². The molecule has 1 unspecified atom stereocenters. The first-order valence-electron chi connectivity index (χ1n) is 12.5. The van der Waals surface area contributed by atoms with E-state index >= 15 is 0 Å². The Morgan fingerprint density at radius 1 is 1.03 bits per heavy atom. The number of methoxy groups -OCH3 is 1. The van der Waals surface area contributed by atoms with Crippen molar-refractivity contribution in [2.24, 2.45) is 0 Å². The van der Waals surface area contributed by atoms with Crippen LogP contribution in [0.2, 0.25) is 0 Å². The first-order valence-corrected chi connectivity index (χ1v) is 13.4. The van der Waals surface area contributed by atoms with E-state index in [0.717, 1.165) is 64.9 Å². The highest BCUT2D eigenvalue weighted by atomic mass is 32.1. The van der Waals surface area contributed by atoms with E-state index < -0.39 is 11.4 Å². The number of pyridine rings is 1. The first-order chi connectivity index (χ1) is 18.0. The minimum Gasteiger partial charge on any atom is -0.477 e. The molecule has 1 atom stereocenters. The molecule has 0 bridgehead atoms. The Kier molecular flexibility index (Phi) is 6.18. The van der Waals surface area contributed by atoms with Crippen LogP contribution in [0.25, 0.3) is 27.2 Å². The molecular weight excluding hydrogens is 488 g/mol. The van der Waals surface area contributed by atoms with Crippen molar-refractivity contribution in [3.63, 3.8) is 0 Å². The number of nitrogens with zero attached hydrogens (tertiary/aromatic N) is 4. The van der Waals surface area contributed by atoms with Gasteiger partial charge in [0.2, 0.25) is 0 Å². The van der Waals surface area contributed by atoms with Gasteiger partial charge in [-0.05, 0) is 55.2 Å². The number of benzene rings is 2. The Hall–Kier alpha value is -3.69. The van der Waals surface area contributed by atoms with Crippen molar-refractivity contribution >= 4 is 38.3 Å². The fourth-order valence-electron chi connectivity index (χ4n) is 5.23. The molecule has 4 heterocycles. The van der Waals surface area contributed by atoms with Gasteiger partial charge in [0, 0.05) is 56.9 Å². The Balaban J connectivity index is 1.41. The fourth-order valence-corrected chi connectivity index (χ4v) is 6.26. The number of carbonyl (C=O) groups is 1. The minimum absolute atomic E-state index is 0.220. The maximum absolute atomic E-state index is 12.7. The van der Waals surface area contributed by atoms with Crippen LogP contribution in [0.5, 0.6) is 0 Å². The van der Waals surface area contributed by atoms with Crippen molar-refractivity contribution in [1.29, 1.82) is 0 Å². The van der Waals surface area contributed by atoms with Gasteiger partial charge in [-0.25, -0.2) is 9.78 Å². The smallest absolute Gasteiger partial charge is 0.341 e. The molecule has 0 aliphatic carbocycles. The monoisotopic (exact) mass is 516 g/mol. The standard InChI is InChI=1S/C28H28N4O4S/c1-36-21-10-13-31(16-21)28-29-23-9-8-20(14-26(23)37-28)32-17-22(27(34)35)25(33)15-24(32)18-4-6-19(7-5-18)30-11-2-3-12-30/h4-9,14-15,17,21H,2-3,10-13,16H2,1H3,(H,34,35). The number of ether oxygens (including phenoxy) is 1. The third-order valence-electron chi connectivity index (χ3n) is 7.30. The summed E-state index contributed by atoms with van der Waals surface area (Å²) in [5, 5.41) is 10.6. The summed E-state index contributed by atoms with van der Waals surface area (Å²) in [6.07, 6.45) is 5.03. The molecule has 4 aromatic rings. The number of hydrogen-bond acceptors (Lipinski definition) is 7. The van der Waals surface area contributed by atoms with Gasteiger partial charge in [-0.15, -0.1) is 0 Å². The second-order valence-electron chi connectivity index (χ2n) is 9.59. The molecule has 2 fully saturated rings. The maximum atomic E-state index is 12.7. The lowest BCUT2D eigenvalue weighted by atomic mass is 10.1. The van der Waals surface area contributed by atoms with Gasteiger partial charge in [0.1, 0.15) is 5.56 Å². The molecule has 0 amide bonds. The average Bonchev–Trinajstić information content (AvgIpc) is 3.68. The van der Waals surface area contributed by atoms with Crippen molar-refractivity contribution in [1.82, 2.24) is 9.55 Å². The molecule has 190 valence electrons. The molecule has 9 heteroatoms. The number of aromatic nitrogens is 2. The van der Waals surface area contributed by atoms with E-state index in [1.54, 1.807) is 23.0 Å². The van der Waals surface area contributed by atoms with Gasteiger partial charge >= 0.3 is 5.97 Å². The highest BCUT2D eigenvalue weighted by Crippen LogP contribution is 2.34. The van der Waals surface area contributed by atoms with Gasteiger partial charge in [0.25, 0.3) is 0 Å². The van der Waals surface area contributed by atoms with Crippen molar-refractivity contribution in [2.45, 2.75) is 25.4 Å². The molecule has 2 aromatic heterocycles. The van der Waals surface area contributed by atoms with E-state index in [0.29, 0.717) is 5.69 Å². The van der Waals surface area contributed by atoms with E-state index in [1.807, 2.05) is 30.3 Å². The number of hydrogen-bond donors (Lipinski definition) is 1. The van der Waals surface area contributed by atoms with Crippen LogP contribution in [0.4, 0.5) is 10.8 Å². The maximum Gasteiger partial charge on any atom is 0.341 e. The number of fused-ring (bicyclic) bond motifs is 1. The molecule has 2 aliphatic rings. The Morgan fingerprint density at radius 2 is 1.78 bits per heavy atom. The summed E-state index contributed by atoms with van der Waals surface area (Å²) < 4.78 is 8.30. The lowest BCUT2D eigenvalue weighted by Gasteiger charge is -2.19. The van der Waals surface area contributed by atoms with Gasteiger partial charge in [-0.2, -0.15) is 0 Å². The molecule has 37 heavy (non-hydrogen) atoms. The average molecular weight is 517 g/mol. The summed E-state index contributed by atoms with van der Waals surface area (Å²) in [7, 11) is 1.74. The van der Waals surface area contributed by atoms with Crippen LogP contribution < -0.4 is 15.2 Å². The number of aromatic carboxylic acids is 1. The lowest BCUT2D eigenvalue weighted by molar-refractivity contribution is 0.0695. The Morgan fingerprint density at radius 3 is 2.49 bits per heavy atom. The first kappa shape index (κ1) is 23.7. The van der Waals surface area contributed by atoms with E-state index in [4.69, 9.17) is 9.72 Å². The number of carboxylic acids is 1. The molecule has 6 rings (SSSR count). The van der Waals surface area contributed by atoms with Crippen LogP contribution in [-0.4, -0.2) is 60.0 Å². The van der Waals surface area contributed by atoms with E-state index in [-0.39, 0.29) is 11.7 Å². The second kappa shape index (κ2) is 9.64. The van der Waals surface area contributed by atoms with Crippen LogP contribution in [0, 0.1) is 0 Å². The highest BCUT2D eigenvalue weighted by Gasteiger charge is 2.25. The van der Waals surface area contributed by atoms with E-state index in [9.17, 15) is 14.7 Å². The number of rotatable bonds is 6. The van der Waals surface area contributed by atoms with Crippen molar-refractivity contribution in [2.75, 3.05) is 43.1 Å². The molecule has 0 spiro atoms. The predicted molar refractivity (Wildman–Crippen MR) is 147 cm³/mol. The summed E-state index contributed by atoms with van der Waals surface area (Å²) in [4.78, 5) is 33.9. The number of carboxylic acid groups (broad SMARTS) is 1.